The lowest BCUT2D eigenvalue weighted by molar-refractivity contribution is -0.134. The fourth-order valence-corrected chi connectivity index (χ4v) is 4.61. The Morgan fingerprint density at radius 2 is 1.80 bits per heavy atom. The lowest BCUT2D eigenvalue weighted by atomic mass is 10.0. The number of ether oxygens (including phenoxy) is 1. The van der Waals surface area contributed by atoms with E-state index in [0.29, 0.717) is 35.7 Å². The molecule has 0 saturated carbocycles. The minimum atomic E-state index is -0.497. The molecule has 10 nitrogen and oxygen atoms in total. The fraction of sp³-hybridized carbons (Fsp3) is 0.500. The minimum Gasteiger partial charge on any atom is -0.488 e. The highest BCUT2D eigenvalue weighted by atomic mass is 19.1. The van der Waals surface area contributed by atoms with Gasteiger partial charge >= 0.3 is 6.03 Å². The summed E-state index contributed by atoms with van der Waals surface area (Å²) in [7, 11) is 5.55. The first-order valence-corrected chi connectivity index (χ1v) is 13.9. The van der Waals surface area contributed by atoms with E-state index in [-0.39, 0.29) is 37.3 Å². The molecule has 4 amide bonds. The van der Waals surface area contributed by atoms with Crippen molar-refractivity contribution in [3.05, 3.63) is 53.8 Å². The van der Waals surface area contributed by atoms with Gasteiger partial charge in [-0.15, -0.1) is 0 Å². The van der Waals surface area contributed by atoms with Gasteiger partial charge in [0.2, 0.25) is 11.8 Å². The average molecular weight is 572 g/mol. The van der Waals surface area contributed by atoms with Gasteiger partial charge in [-0.2, -0.15) is 0 Å². The second-order valence-corrected chi connectivity index (χ2v) is 11.0. The van der Waals surface area contributed by atoms with Crippen LogP contribution in [0.3, 0.4) is 0 Å². The molecule has 2 aromatic carbocycles. The number of anilines is 2. The van der Waals surface area contributed by atoms with Gasteiger partial charge in [0.15, 0.2) is 0 Å². The predicted molar refractivity (Wildman–Crippen MR) is 156 cm³/mol. The number of hydrogen-bond donors (Lipinski definition) is 3. The molecule has 0 saturated heterocycles. The van der Waals surface area contributed by atoms with Gasteiger partial charge < -0.3 is 35.2 Å². The van der Waals surface area contributed by atoms with E-state index in [4.69, 9.17) is 4.74 Å². The molecule has 11 heteroatoms. The van der Waals surface area contributed by atoms with Crippen LogP contribution in [-0.2, 0) is 16.0 Å². The number of benzene rings is 2. The average Bonchev–Trinajstić information content (AvgIpc) is 2.96. The third-order valence-electron chi connectivity index (χ3n) is 7.11. The van der Waals surface area contributed by atoms with Crippen LogP contribution < -0.4 is 15.4 Å². The van der Waals surface area contributed by atoms with E-state index in [1.807, 2.05) is 25.9 Å². The summed E-state index contributed by atoms with van der Waals surface area (Å²) in [5.74, 6) is -0.382. The van der Waals surface area contributed by atoms with E-state index >= 15 is 0 Å². The zero-order valence-electron chi connectivity index (χ0n) is 24.5. The largest absolute Gasteiger partial charge is 0.488 e. The Morgan fingerprint density at radius 1 is 1.12 bits per heavy atom. The monoisotopic (exact) mass is 571 g/mol. The van der Waals surface area contributed by atoms with Crippen LogP contribution in [0.5, 0.6) is 5.75 Å². The van der Waals surface area contributed by atoms with Crippen LogP contribution in [-0.4, -0.2) is 97.2 Å². The van der Waals surface area contributed by atoms with Gasteiger partial charge in [-0.05, 0) is 76.4 Å². The maximum absolute atomic E-state index is 13.4. The number of urea groups is 1. The molecule has 3 N–H and O–H groups in total. The first-order valence-electron chi connectivity index (χ1n) is 13.9. The quantitative estimate of drug-likeness (QED) is 0.403. The molecule has 0 spiro atoms. The number of rotatable bonds is 10. The second-order valence-electron chi connectivity index (χ2n) is 11.0. The van der Waals surface area contributed by atoms with Crippen LogP contribution in [0, 0.1) is 11.7 Å². The van der Waals surface area contributed by atoms with Gasteiger partial charge in [-0.1, -0.05) is 6.92 Å². The number of amides is 4. The third kappa shape index (κ3) is 9.43. The predicted octanol–water partition coefficient (Wildman–Crippen LogP) is 3.42. The van der Waals surface area contributed by atoms with Crippen molar-refractivity contribution in [1.82, 2.24) is 14.7 Å². The fourth-order valence-electron chi connectivity index (χ4n) is 4.61. The summed E-state index contributed by atoms with van der Waals surface area (Å²) in [6.45, 7) is 4.85. The smallest absolute Gasteiger partial charge is 0.321 e. The van der Waals surface area contributed by atoms with Gasteiger partial charge in [0.25, 0.3) is 0 Å². The summed E-state index contributed by atoms with van der Waals surface area (Å²) in [5, 5.41) is 15.5. The van der Waals surface area contributed by atoms with Crippen LogP contribution in [0.15, 0.2) is 42.5 Å². The maximum atomic E-state index is 13.4. The van der Waals surface area contributed by atoms with Crippen molar-refractivity contribution in [2.24, 2.45) is 5.92 Å². The zero-order valence-corrected chi connectivity index (χ0v) is 24.5. The van der Waals surface area contributed by atoms with Gasteiger partial charge in [-0.3, -0.25) is 9.59 Å². The molecular weight excluding hydrogens is 529 g/mol. The standard InChI is InChI=1S/C30H42FN5O5/c1-20-17-36(21(2)19-37)29(39)16-22-15-25(32-28(38)7-6-14-34(3)4)12-13-26(22)41-27(20)18-35(5)30(40)33-24-10-8-23(31)9-11-24/h8-13,15,20-21,27,37H,6-7,14,16-19H2,1-5H3,(H,32,38)(H,33,40)/t20-,21+,27+/m1/s1. The van der Waals surface area contributed by atoms with Crippen molar-refractivity contribution in [1.29, 1.82) is 0 Å². The number of hydrogen-bond acceptors (Lipinski definition) is 6. The molecule has 0 aromatic heterocycles. The Balaban J connectivity index is 1.82. The van der Waals surface area contributed by atoms with Gasteiger partial charge in [0.1, 0.15) is 17.7 Å². The number of aliphatic hydroxyl groups excluding tert-OH is 1. The Bertz CT molecular complexity index is 1190. The van der Waals surface area contributed by atoms with Crippen molar-refractivity contribution >= 4 is 29.2 Å². The van der Waals surface area contributed by atoms with Crippen LogP contribution in [0.2, 0.25) is 0 Å². The summed E-state index contributed by atoms with van der Waals surface area (Å²) in [4.78, 5) is 43.9. The topological polar surface area (TPSA) is 114 Å². The number of likely N-dealkylation sites (N-methyl/N-ethyl adjacent to an activating group) is 1. The number of carbonyl (C=O) groups excluding carboxylic acids is 3. The van der Waals surface area contributed by atoms with E-state index in [2.05, 4.69) is 10.6 Å². The van der Waals surface area contributed by atoms with E-state index < -0.39 is 24.0 Å². The van der Waals surface area contributed by atoms with Crippen LogP contribution in [0.4, 0.5) is 20.6 Å². The number of nitrogens with zero attached hydrogens (tertiary/aromatic N) is 3. The SMILES string of the molecule is C[C@@H]1CN([C@@H](C)CO)C(=O)Cc2cc(NC(=O)CCCN(C)C)ccc2O[C@H]1CN(C)C(=O)Nc1ccc(F)cc1. The number of aliphatic hydroxyl groups is 1. The van der Waals surface area contributed by atoms with Gasteiger partial charge in [-0.25, -0.2) is 9.18 Å². The summed E-state index contributed by atoms with van der Waals surface area (Å²) in [6, 6.07) is 9.92. The van der Waals surface area contributed by atoms with E-state index in [1.54, 1.807) is 37.1 Å². The molecule has 1 aliphatic heterocycles. The van der Waals surface area contributed by atoms with E-state index in [9.17, 15) is 23.9 Å². The van der Waals surface area contributed by atoms with Gasteiger partial charge in [0, 0.05) is 42.9 Å². The van der Waals surface area contributed by atoms with Crippen molar-refractivity contribution in [3.63, 3.8) is 0 Å². The zero-order chi connectivity index (χ0) is 30.1. The Morgan fingerprint density at radius 3 is 2.46 bits per heavy atom. The van der Waals surface area contributed by atoms with Crippen LogP contribution in [0.25, 0.3) is 0 Å². The van der Waals surface area contributed by atoms with Crippen LogP contribution >= 0.6 is 0 Å². The first-order chi connectivity index (χ1) is 19.5. The van der Waals surface area contributed by atoms with E-state index in [0.717, 1.165) is 13.0 Å². The summed E-state index contributed by atoms with van der Waals surface area (Å²) < 4.78 is 19.7. The van der Waals surface area contributed by atoms with Crippen molar-refractivity contribution in [3.8, 4) is 5.75 Å². The summed E-state index contributed by atoms with van der Waals surface area (Å²) in [6.07, 6.45) is 0.632. The highest BCUT2D eigenvalue weighted by Crippen LogP contribution is 2.29. The third-order valence-corrected chi connectivity index (χ3v) is 7.11. The highest BCUT2D eigenvalue weighted by Gasteiger charge is 2.32. The molecule has 0 unspecified atom stereocenters. The molecular formula is C30H42FN5O5. The summed E-state index contributed by atoms with van der Waals surface area (Å²) in [5.41, 5.74) is 1.63. The number of nitrogens with one attached hydrogen (secondary N) is 2. The molecule has 224 valence electrons. The van der Waals surface area contributed by atoms with Crippen molar-refractivity contribution < 1.29 is 28.6 Å². The first kappa shape index (κ1) is 31.8. The molecule has 3 rings (SSSR count). The van der Waals surface area contributed by atoms with Crippen molar-refractivity contribution in [2.75, 3.05) is 58.0 Å². The molecule has 3 atom stereocenters. The Kier molecular flexibility index (Phi) is 11.5. The second kappa shape index (κ2) is 14.8. The molecule has 0 bridgehead atoms. The van der Waals surface area contributed by atoms with Gasteiger partial charge in [0.05, 0.1) is 25.6 Å². The normalized spacial score (nSPS) is 18.0. The molecule has 1 heterocycles. The minimum absolute atomic E-state index is 0.0321. The number of fused-ring (bicyclic) bond motifs is 1. The van der Waals surface area contributed by atoms with Crippen molar-refractivity contribution in [2.45, 2.75) is 45.3 Å². The molecule has 1 aliphatic rings. The Labute approximate surface area is 241 Å². The number of halogens is 1. The molecule has 2 aromatic rings. The molecule has 41 heavy (non-hydrogen) atoms. The highest BCUT2D eigenvalue weighted by molar-refractivity contribution is 5.91. The van der Waals surface area contributed by atoms with E-state index in [1.165, 1.54) is 29.2 Å². The lowest BCUT2D eigenvalue weighted by Gasteiger charge is -2.34. The molecule has 0 aliphatic carbocycles. The lowest BCUT2D eigenvalue weighted by Crippen LogP contribution is -2.48. The Hall–Kier alpha value is -3.70. The molecule has 0 radical (unpaired) electrons. The number of carbonyl (C=O) groups is 3. The maximum Gasteiger partial charge on any atom is 0.321 e. The summed E-state index contributed by atoms with van der Waals surface area (Å²) >= 11 is 0. The van der Waals surface area contributed by atoms with Crippen LogP contribution in [0.1, 0.15) is 32.3 Å². The molecule has 0 fully saturated rings.